The lowest BCUT2D eigenvalue weighted by molar-refractivity contribution is -0.130. The molecule has 0 radical (unpaired) electrons. The minimum atomic E-state index is -3.04. The number of sulfone groups is 1. The Morgan fingerprint density at radius 2 is 2.27 bits per heavy atom. The number of rotatable bonds is 8. The number of furan rings is 1. The number of amides is 1. The van der Waals surface area contributed by atoms with Crippen LogP contribution in [0.25, 0.3) is 11.7 Å². The molecule has 2 aromatic heterocycles. The zero-order valence-corrected chi connectivity index (χ0v) is 16.1. The molecule has 0 bridgehead atoms. The van der Waals surface area contributed by atoms with Crippen molar-refractivity contribution in [3.8, 4) is 11.7 Å². The molecule has 26 heavy (non-hydrogen) atoms. The van der Waals surface area contributed by atoms with Crippen molar-refractivity contribution in [1.29, 1.82) is 0 Å². The molecule has 1 atom stereocenters. The van der Waals surface area contributed by atoms with Crippen LogP contribution < -0.4 is 0 Å². The van der Waals surface area contributed by atoms with Gasteiger partial charge in [0.05, 0.1) is 23.5 Å². The second-order valence-electron chi connectivity index (χ2n) is 6.14. The van der Waals surface area contributed by atoms with Gasteiger partial charge in [-0.2, -0.15) is 0 Å². The van der Waals surface area contributed by atoms with Crippen molar-refractivity contribution in [2.24, 2.45) is 0 Å². The van der Waals surface area contributed by atoms with Gasteiger partial charge in [0.1, 0.15) is 0 Å². The van der Waals surface area contributed by atoms with Gasteiger partial charge in [-0.25, -0.2) is 8.42 Å². The van der Waals surface area contributed by atoms with E-state index < -0.39 is 9.84 Å². The third-order valence-corrected chi connectivity index (χ3v) is 6.73. The quantitative estimate of drug-likeness (QED) is 0.622. The van der Waals surface area contributed by atoms with Crippen LogP contribution in [0, 0.1) is 0 Å². The number of aromatic nitrogens is 2. The number of nitrogens with zero attached hydrogens (tertiary/aromatic N) is 3. The average molecular weight is 399 g/mol. The molecule has 1 saturated heterocycles. The van der Waals surface area contributed by atoms with E-state index in [9.17, 15) is 13.2 Å². The van der Waals surface area contributed by atoms with E-state index in [0.29, 0.717) is 18.7 Å². The summed E-state index contributed by atoms with van der Waals surface area (Å²) in [5, 5.41) is 8.08. The van der Waals surface area contributed by atoms with Crippen molar-refractivity contribution in [2.45, 2.75) is 37.5 Å². The highest BCUT2D eigenvalue weighted by Crippen LogP contribution is 2.25. The topological polar surface area (TPSA) is 107 Å². The standard InChI is InChI=1S/C16H21N3O5S2/c1-2-3-7-19(12-6-9-26(21,22)11-12)14(20)10-25-16-18-17-15(24-16)13-5-4-8-23-13/h4-5,8,12H,2-3,6-7,9-11H2,1H3/t12-/m1/s1. The molecule has 0 aromatic carbocycles. The predicted octanol–water partition coefficient (Wildman–Crippen LogP) is 2.24. The Bertz CT molecular complexity index is 832. The minimum Gasteiger partial charge on any atom is -0.459 e. The molecule has 3 heterocycles. The van der Waals surface area contributed by atoms with Crippen molar-refractivity contribution < 1.29 is 22.0 Å². The first-order valence-electron chi connectivity index (χ1n) is 8.48. The van der Waals surface area contributed by atoms with Crippen LogP contribution in [0.1, 0.15) is 26.2 Å². The van der Waals surface area contributed by atoms with Gasteiger partial charge in [0.25, 0.3) is 11.1 Å². The Morgan fingerprint density at radius 1 is 1.42 bits per heavy atom. The van der Waals surface area contributed by atoms with Gasteiger partial charge < -0.3 is 13.7 Å². The Balaban J connectivity index is 1.60. The van der Waals surface area contributed by atoms with Crippen LogP contribution in [0.5, 0.6) is 0 Å². The van der Waals surface area contributed by atoms with E-state index in [1.54, 1.807) is 17.0 Å². The maximum atomic E-state index is 12.7. The summed E-state index contributed by atoms with van der Waals surface area (Å²) in [4.78, 5) is 14.4. The number of hydrogen-bond acceptors (Lipinski definition) is 8. The largest absolute Gasteiger partial charge is 0.459 e. The lowest BCUT2D eigenvalue weighted by atomic mass is 10.2. The van der Waals surface area contributed by atoms with Gasteiger partial charge in [-0.1, -0.05) is 25.1 Å². The zero-order chi connectivity index (χ0) is 18.6. The van der Waals surface area contributed by atoms with Crippen LogP contribution in [0.15, 0.2) is 32.5 Å². The number of unbranched alkanes of at least 4 members (excludes halogenated alkanes) is 1. The van der Waals surface area contributed by atoms with Gasteiger partial charge in [0.2, 0.25) is 5.91 Å². The Morgan fingerprint density at radius 3 is 2.92 bits per heavy atom. The molecule has 0 saturated carbocycles. The highest BCUT2D eigenvalue weighted by molar-refractivity contribution is 7.99. The smallest absolute Gasteiger partial charge is 0.284 e. The molecule has 142 valence electrons. The molecule has 1 aliphatic rings. The molecule has 0 aliphatic carbocycles. The number of thioether (sulfide) groups is 1. The fraction of sp³-hybridized carbons (Fsp3) is 0.562. The monoisotopic (exact) mass is 399 g/mol. The molecule has 10 heteroatoms. The second-order valence-corrected chi connectivity index (χ2v) is 9.29. The maximum Gasteiger partial charge on any atom is 0.284 e. The van der Waals surface area contributed by atoms with E-state index in [-0.39, 0.29) is 40.3 Å². The number of hydrogen-bond donors (Lipinski definition) is 0. The van der Waals surface area contributed by atoms with Crippen molar-refractivity contribution in [3.63, 3.8) is 0 Å². The van der Waals surface area contributed by atoms with Gasteiger partial charge in [0, 0.05) is 12.6 Å². The first-order valence-corrected chi connectivity index (χ1v) is 11.3. The number of carbonyl (C=O) groups is 1. The van der Waals surface area contributed by atoms with Crippen molar-refractivity contribution in [3.05, 3.63) is 18.4 Å². The van der Waals surface area contributed by atoms with Gasteiger partial charge in [-0.15, -0.1) is 10.2 Å². The van der Waals surface area contributed by atoms with E-state index in [0.717, 1.165) is 24.6 Å². The molecule has 2 aromatic rings. The second kappa shape index (κ2) is 8.26. The van der Waals surface area contributed by atoms with E-state index in [1.165, 1.54) is 6.26 Å². The Labute approximate surface area is 156 Å². The van der Waals surface area contributed by atoms with Crippen LogP contribution in [0.4, 0.5) is 0 Å². The Kier molecular flexibility index (Phi) is 6.02. The lowest BCUT2D eigenvalue weighted by Crippen LogP contribution is -2.42. The fourth-order valence-corrected chi connectivity index (χ4v) is 5.21. The minimum absolute atomic E-state index is 0.0519. The van der Waals surface area contributed by atoms with Crippen LogP contribution in [0.2, 0.25) is 0 Å². The van der Waals surface area contributed by atoms with Crippen LogP contribution in [-0.2, 0) is 14.6 Å². The Hall–Kier alpha value is -1.81. The molecule has 3 rings (SSSR count). The molecular formula is C16H21N3O5S2. The molecule has 8 nitrogen and oxygen atoms in total. The third-order valence-electron chi connectivity index (χ3n) is 4.18. The average Bonchev–Trinajstić information content (AvgIpc) is 3.33. The van der Waals surface area contributed by atoms with Crippen molar-refractivity contribution in [1.82, 2.24) is 15.1 Å². The highest BCUT2D eigenvalue weighted by Gasteiger charge is 2.34. The SMILES string of the molecule is CCCCN(C(=O)CSc1nnc(-c2ccco2)o1)[C@@H]1CCS(=O)(=O)C1. The van der Waals surface area contributed by atoms with Crippen LogP contribution in [-0.4, -0.2) is 59.3 Å². The van der Waals surface area contributed by atoms with Crippen molar-refractivity contribution in [2.75, 3.05) is 23.8 Å². The van der Waals surface area contributed by atoms with Crippen molar-refractivity contribution >= 4 is 27.5 Å². The molecule has 1 aliphatic heterocycles. The van der Waals surface area contributed by atoms with E-state index in [4.69, 9.17) is 8.83 Å². The summed E-state index contributed by atoms with van der Waals surface area (Å²) in [5.41, 5.74) is 0. The number of carbonyl (C=O) groups excluding carboxylic acids is 1. The van der Waals surface area contributed by atoms with Crippen LogP contribution in [0.3, 0.4) is 0 Å². The molecular weight excluding hydrogens is 378 g/mol. The first kappa shape index (κ1) is 19.0. The molecule has 1 fully saturated rings. The summed E-state index contributed by atoms with van der Waals surface area (Å²) < 4.78 is 34.2. The summed E-state index contributed by atoms with van der Waals surface area (Å²) >= 11 is 1.14. The molecule has 0 unspecified atom stereocenters. The van der Waals surface area contributed by atoms with E-state index >= 15 is 0 Å². The molecule has 0 N–H and O–H groups in total. The fourth-order valence-electron chi connectivity index (χ4n) is 2.83. The molecule has 1 amide bonds. The third kappa shape index (κ3) is 4.67. The van der Waals surface area contributed by atoms with E-state index in [1.807, 2.05) is 6.92 Å². The normalized spacial score (nSPS) is 18.9. The van der Waals surface area contributed by atoms with Crippen LogP contribution >= 0.6 is 11.8 Å². The lowest BCUT2D eigenvalue weighted by Gasteiger charge is -2.28. The molecule has 0 spiro atoms. The van der Waals surface area contributed by atoms with Gasteiger partial charge in [0.15, 0.2) is 15.6 Å². The van der Waals surface area contributed by atoms with Gasteiger partial charge in [-0.3, -0.25) is 4.79 Å². The van der Waals surface area contributed by atoms with E-state index in [2.05, 4.69) is 10.2 Å². The summed E-state index contributed by atoms with van der Waals surface area (Å²) in [6.45, 7) is 2.61. The van der Waals surface area contributed by atoms with Gasteiger partial charge in [-0.05, 0) is 25.0 Å². The first-order chi connectivity index (χ1) is 12.5. The summed E-state index contributed by atoms with van der Waals surface area (Å²) in [6, 6.07) is 3.19. The zero-order valence-electron chi connectivity index (χ0n) is 14.5. The maximum absolute atomic E-state index is 12.7. The highest BCUT2D eigenvalue weighted by atomic mass is 32.2. The predicted molar refractivity (Wildman–Crippen MR) is 96.4 cm³/mol. The summed E-state index contributed by atoms with van der Waals surface area (Å²) in [7, 11) is -3.04. The summed E-state index contributed by atoms with van der Waals surface area (Å²) in [6.07, 6.45) is 3.80. The van der Waals surface area contributed by atoms with Gasteiger partial charge >= 0.3 is 0 Å². The summed E-state index contributed by atoms with van der Waals surface area (Å²) in [5.74, 6) is 0.946.